The number of nitrogens with one attached hydrogen (secondary N) is 1. The molecule has 0 aliphatic rings. The van der Waals surface area contributed by atoms with Gasteiger partial charge >= 0.3 is 0 Å². The zero-order valence-corrected chi connectivity index (χ0v) is 14.9. The molecule has 24 heavy (non-hydrogen) atoms. The Balaban J connectivity index is 2.08. The van der Waals surface area contributed by atoms with E-state index >= 15 is 0 Å². The molecule has 0 aliphatic carbocycles. The summed E-state index contributed by atoms with van der Waals surface area (Å²) in [5, 5.41) is 2.91. The predicted octanol–water partition coefficient (Wildman–Crippen LogP) is 4.47. The fourth-order valence-corrected chi connectivity index (χ4v) is 2.91. The molecule has 0 radical (unpaired) electrons. The Bertz CT molecular complexity index is 728. The highest BCUT2D eigenvalue weighted by Crippen LogP contribution is 2.28. The highest BCUT2D eigenvalue weighted by atomic mass is 32.2. The third-order valence-corrected chi connectivity index (χ3v) is 4.24. The second-order valence-electron chi connectivity index (χ2n) is 4.87. The van der Waals surface area contributed by atoms with Crippen LogP contribution in [0.25, 0.3) is 6.08 Å². The van der Waals surface area contributed by atoms with Gasteiger partial charge in [-0.1, -0.05) is 25.1 Å². The van der Waals surface area contributed by atoms with Gasteiger partial charge in [-0.15, -0.1) is 11.8 Å². The number of ether oxygens (including phenoxy) is 2. The van der Waals surface area contributed by atoms with E-state index in [0.29, 0.717) is 11.5 Å². The Morgan fingerprint density at radius 1 is 1.12 bits per heavy atom. The smallest absolute Gasteiger partial charge is 0.248 e. The Kier molecular flexibility index (Phi) is 6.75. The first-order valence-electron chi connectivity index (χ1n) is 7.60. The maximum Gasteiger partial charge on any atom is 0.248 e. The molecule has 0 unspecified atom stereocenters. The van der Waals surface area contributed by atoms with Crippen LogP contribution in [-0.2, 0) is 4.79 Å². The zero-order chi connectivity index (χ0) is 17.4. The summed E-state index contributed by atoms with van der Waals surface area (Å²) in [6, 6.07) is 13.3. The van der Waals surface area contributed by atoms with Gasteiger partial charge in [0.1, 0.15) is 0 Å². The number of para-hydroxylation sites is 1. The van der Waals surface area contributed by atoms with Crippen molar-refractivity contribution in [2.45, 2.75) is 11.8 Å². The molecule has 1 N–H and O–H groups in total. The van der Waals surface area contributed by atoms with Crippen LogP contribution in [0.1, 0.15) is 12.5 Å². The van der Waals surface area contributed by atoms with Gasteiger partial charge in [-0.05, 0) is 41.7 Å². The van der Waals surface area contributed by atoms with Crippen molar-refractivity contribution < 1.29 is 14.3 Å². The van der Waals surface area contributed by atoms with Crippen molar-refractivity contribution in [2.75, 3.05) is 25.3 Å². The molecule has 2 aromatic carbocycles. The maximum atomic E-state index is 12.2. The van der Waals surface area contributed by atoms with E-state index in [9.17, 15) is 4.79 Å². The Hall–Kier alpha value is -2.40. The summed E-state index contributed by atoms with van der Waals surface area (Å²) in [4.78, 5) is 13.2. The number of hydrogen-bond acceptors (Lipinski definition) is 4. The molecule has 0 saturated carbocycles. The van der Waals surface area contributed by atoms with Crippen molar-refractivity contribution in [2.24, 2.45) is 0 Å². The molecular formula is C19H21NO3S. The van der Waals surface area contributed by atoms with Crippen molar-refractivity contribution in [1.29, 1.82) is 0 Å². The second-order valence-corrected chi connectivity index (χ2v) is 6.17. The van der Waals surface area contributed by atoms with Crippen LogP contribution in [0.2, 0.25) is 0 Å². The van der Waals surface area contributed by atoms with Crippen LogP contribution >= 0.6 is 11.8 Å². The van der Waals surface area contributed by atoms with Gasteiger partial charge in [0.2, 0.25) is 5.91 Å². The summed E-state index contributed by atoms with van der Waals surface area (Å²) in [5.41, 5.74) is 1.69. The number of hydrogen-bond donors (Lipinski definition) is 1. The molecule has 2 rings (SSSR count). The third kappa shape index (κ3) is 4.80. The standard InChI is InChI=1S/C19H21NO3S/c1-4-24-18-8-6-5-7-15(18)20-19(21)12-10-14-9-11-16(22-2)17(13-14)23-3/h5-13H,4H2,1-3H3,(H,20,21)/b12-10+. The Morgan fingerprint density at radius 2 is 1.88 bits per heavy atom. The molecule has 126 valence electrons. The Morgan fingerprint density at radius 3 is 2.58 bits per heavy atom. The summed E-state index contributed by atoms with van der Waals surface area (Å²) < 4.78 is 10.5. The fourth-order valence-electron chi connectivity index (χ4n) is 2.15. The van der Waals surface area contributed by atoms with E-state index in [1.165, 1.54) is 6.08 Å². The molecule has 2 aromatic rings. The first-order valence-corrected chi connectivity index (χ1v) is 8.59. The average molecular weight is 343 g/mol. The maximum absolute atomic E-state index is 12.2. The van der Waals surface area contributed by atoms with Crippen LogP contribution in [0.4, 0.5) is 5.69 Å². The minimum atomic E-state index is -0.172. The van der Waals surface area contributed by atoms with Gasteiger partial charge in [0.25, 0.3) is 0 Å². The topological polar surface area (TPSA) is 47.6 Å². The molecule has 0 bridgehead atoms. The number of rotatable bonds is 7. The molecule has 5 heteroatoms. The normalized spacial score (nSPS) is 10.6. The lowest BCUT2D eigenvalue weighted by molar-refractivity contribution is -0.111. The van der Waals surface area contributed by atoms with Crippen LogP contribution in [0.5, 0.6) is 11.5 Å². The molecule has 0 atom stereocenters. The van der Waals surface area contributed by atoms with Gasteiger partial charge in [0.15, 0.2) is 11.5 Å². The van der Waals surface area contributed by atoms with Crippen LogP contribution in [0.15, 0.2) is 53.4 Å². The van der Waals surface area contributed by atoms with Crippen LogP contribution in [-0.4, -0.2) is 25.9 Å². The summed E-state index contributed by atoms with van der Waals surface area (Å²) in [6.45, 7) is 2.08. The second kappa shape index (κ2) is 9.03. The van der Waals surface area contributed by atoms with Crippen LogP contribution in [0, 0.1) is 0 Å². The van der Waals surface area contributed by atoms with Gasteiger partial charge in [-0.2, -0.15) is 0 Å². The Labute approximate surface area is 146 Å². The average Bonchev–Trinajstić information content (AvgIpc) is 2.61. The number of amides is 1. The number of thioether (sulfide) groups is 1. The highest BCUT2D eigenvalue weighted by molar-refractivity contribution is 7.99. The summed E-state index contributed by atoms with van der Waals surface area (Å²) in [5.74, 6) is 2.07. The monoisotopic (exact) mass is 343 g/mol. The number of carbonyl (C=O) groups is 1. The summed E-state index contributed by atoms with van der Waals surface area (Å²) in [6.07, 6.45) is 3.25. The van der Waals surface area contributed by atoms with Crippen molar-refractivity contribution >= 4 is 29.4 Å². The van der Waals surface area contributed by atoms with E-state index in [-0.39, 0.29) is 5.91 Å². The van der Waals surface area contributed by atoms with Crippen molar-refractivity contribution in [3.05, 3.63) is 54.1 Å². The van der Waals surface area contributed by atoms with Crippen LogP contribution in [0.3, 0.4) is 0 Å². The van der Waals surface area contributed by atoms with E-state index in [2.05, 4.69) is 12.2 Å². The minimum absolute atomic E-state index is 0.172. The quantitative estimate of drug-likeness (QED) is 0.595. The summed E-state index contributed by atoms with van der Waals surface area (Å²) >= 11 is 1.70. The van der Waals surface area contributed by atoms with E-state index in [1.54, 1.807) is 32.1 Å². The molecule has 0 spiro atoms. The van der Waals surface area contributed by atoms with E-state index in [1.807, 2.05) is 42.5 Å². The van der Waals surface area contributed by atoms with E-state index in [0.717, 1.165) is 21.9 Å². The lowest BCUT2D eigenvalue weighted by Crippen LogP contribution is -2.08. The molecule has 4 nitrogen and oxygen atoms in total. The highest BCUT2D eigenvalue weighted by Gasteiger charge is 2.05. The van der Waals surface area contributed by atoms with Crippen molar-refractivity contribution in [3.8, 4) is 11.5 Å². The molecule has 0 fully saturated rings. The number of anilines is 1. The van der Waals surface area contributed by atoms with Crippen LogP contribution < -0.4 is 14.8 Å². The number of carbonyl (C=O) groups excluding carboxylic acids is 1. The molecule has 1 amide bonds. The van der Waals surface area contributed by atoms with E-state index in [4.69, 9.17) is 9.47 Å². The van der Waals surface area contributed by atoms with E-state index < -0.39 is 0 Å². The summed E-state index contributed by atoms with van der Waals surface area (Å²) in [7, 11) is 3.17. The fraction of sp³-hybridized carbons (Fsp3) is 0.211. The number of benzene rings is 2. The molecule has 0 heterocycles. The lowest BCUT2D eigenvalue weighted by atomic mass is 10.2. The SMILES string of the molecule is CCSc1ccccc1NC(=O)/C=C/c1ccc(OC)c(OC)c1. The van der Waals surface area contributed by atoms with Gasteiger partial charge in [-0.3, -0.25) is 4.79 Å². The largest absolute Gasteiger partial charge is 0.493 e. The zero-order valence-electron chi connectivity index (χ0n) is 14.0. The third-order valence-electron chi connectivity index (χ3n) is 3.28. The molecular weight excluding hydrogens is 322 g/mol. The predicted molar refractivity (Wildman–Crippen MR) is 100 cm³/mol. The lowest BCUT2D eigenvalue weighted by Gasteiger charge is -2.09. The van der Waals surface area contributed by atoms with Gasteiger partial charge in [0.05, 0.1) is 19.9 Å². The van der Waals surface area contributed by atoms with Crippen molar-refractivity contribution in [3.63, 3.8) is 0 Å². The van der Waals surface area contributed by atoms with Gasteiger partial charge in [-0.25, -0.2) is 0 Å². The molecule has 0 aliphatic heterocycles. The number of methoxy groups -OCH3 is 2. The van der Waals surface area contributed by atoms with Gasteiger partial charge < -0.3 is 14.8 Å². The molecule has 0 saturated heterocycles. The first-order chi connectivity index (χ1) is 11.7. The first kappa shape index (κ1) is 17.9. The molecule has 0 aromatic heterocycles. The van der Waals surface area contributed by atoms with Crippen molar-refractivity contribution in [1.82, 2.24) is 0 Å². The minimum Gasteiger partial charge on any atom is -0.493 e. The van der Waals surface area contributed by atoms with Gasteiger partial charge in [0, 0.05) is 11.0 Å².